The molecule has 98 valence electrons. The molecule has 0 spiro atoms. The molecule has 2 aliphatic rings. The van der Waals surface area contributed by atoms with E-state index in [0.29, 0.717) is 24.4 Å². The average molecular weight is 238 g/mol. The molecule has 3 heteroatoms. The minimum atomic E-state index is 0.238. The number of nitrogens with one attached hydrogen (secondary N) is 2. The number of amides is 1. The monoisotopic (exact) mass is 238 g/mol. The first-order chi connectivity index (χ1) is 8.25. The van der Waals surface area contributed by atoms with Gasteiger partial charge in [-0.05, 0) is 45.1 Å². The van der Waals surface area contributed by atoms with E-state index < -0.39 is 0 Å². The Hall–Kier alpha value is -0.570. The predicted octanol–water partition coefficient (Wildman–Crippen LogP) is 2.21. The molecule has 1 aliphatic carbocycles. The number of hydrogen-bond donors (Lipinski definition) is 2. The van der Waals surface area contributed by atoms with Crippen molar-refractivity contribution in [2.75, 3.05) is 6.54 Å². The van der Waals surface area contributed by atoms with Crippen molar-refractivity contribution in [1.29, 1.82) is 0 Å². The molecule has 1 heterocycles. The highest BCUT2D eigenvalue weighted by Crippen LogP contribution is 2.26. The fraction of sp³-hybridized carbons (Fsp3) is 0.929. The average Bonchev–Trinajstić information content (AvgIpc) is 2.82. The Morgan fingerprint density at radius 2 is 2.00 bits per heavy atom. The molecule has 0 radical (unpaired) electrons. The molecule has 1 amide bonds. The van der Waals surface area contributed by atoms with E-state index in [2.05, 4.69) is 17.6 Å². The summed E-state index contributed by atoms with van der Waals surface area (Å²) in [6.07, 6.45) is 9.69. The molecule has 0 aromatic rings. The smallest absolute Gasteiger partial charge is 0.221 e. The molecular weight excluding hydrogens is 212 g/mol. The fourth-order valence-electron chi connectivity index (χ4n) is 3.22. The second-order valence-corrected chi connectivity index (χ2v) is 5.75. The van der Waals surface area contributed by atoms with Gasteiger partial charge in [-0.25, -0.2) is 0 Å². The van der Waals surface area contributed by atoms with Crippen molar-refractivity contribution < 1.29 is 4.79 Å². The summed E-state index contributed by atoms with van der Waals surface area (Å²) in [6, 6.07) is 0.790. The van der Waals surface area contributed by atoms with E-state index in [1.54, 1.807) is 0 Å². The number of rotatable bonds is 4. The first kappa shape index (κ1) is 12.9. The molecule has 1 unspecified atom stereocenters. The van der Waals surface area contributed by atoms with Crippen LogP contribution in [0.3, 0.4) is 0 Å². The van der Waals surface area contributed by atoms with Gasteiger partial charge in [-0.15, -0.1) is 0 Å². The Labute approximate surface area is 105 Å². The van der Waals surface area contributed by atoms with E-state index in [0.717, 1.165) is 13.0 Å². The maximum atomic E-state index is 11.9. The van der Waals surface area contributed by atoms with Gasteiger partial charge < -0.3 is 10.6 Å². The van der Waals surface area contributed by atoms with Crippen LogP contribution in [0.25, 0.3) is 0 Å². The van der Waals surface area contributed by atoms with Gasteiger partial charge in [0.1, 0.15) is 0 Å². The third-order valence-electron chi connectivity index (χ3n) is 4.34. The van der Waals surface area contributed by atoms with Crippen molar-refractivity contribution in [2.45, 2.75) is 70.4 Å². The van der Waals surface area contributed by atoms with Crippen LogP contribution in [0.15, 0.2) is 0 Å². The first-order valence-corrected chi connectivity index (χ1v) is 7.28. The van der Waals surface area contributed by atoms with Crippen LogP contribution >= 0.6 is 0 Å². The third kappa shape index (κ3) is 3.98. The summed E-state index contributed by atoms with van der Waals surface area (Å²) in [4.78, 5) is 11.9. The zero-order valence-corrected chi connectivity index (χ0v) is 11.0. The topological polar surface area (TPSA) is 41.1 Å². The number of carbonyl (C=O) groups excluding carboxylic acids is 1. The van der Waals surface area contributed by atoms with Crippen LogP contribution in [0.2, 0.25) is 0 Å². The number of hydrogen-bond acceptors (Lipinski definition) is 2. The Morgan fingerprint density at radius 1 is 1.24 bits per heavy atom. The van der Waals surface area contributed by atoms with Crippen molar-refractivity contribution >= 4 is 5.91 Å². The molecule has 0 aromatic heterocycles. The summed E-state index contributed by atoms with van der Waals surface area (Å²) in [6.45, 7) is 3.26. The molecule has 2 atom stereocenters. The van der Waals surface area contributed by atoms with Crippen molar-refractivity contribution in [3.8, 4) is 0 Å². The maximum Gasteiger partial charge on any atom is 0.221 e. The molecule has 1 aliphatic heterocycles. The third-order valence-corrected chi connectivity index (χ3v) is 4.34. The molecule has 0 bridgehead atoms. The first-order valence-electron chi connectivity index (χ1n) is 7.28. The van der Waals surface area contributed by atoms with E-state index in [1.165, 1.54) is 38.5 Å². The molecule has 1 saturated heterocycles. The molecule has 2 fully saturated rings. The van der Waals surface area contributed by atoms with Gasteiger partial charge in [-0.2, -0.15) is 0 Å². The van der Waals surface area contributed by atoms with Crippen molar-refractivity contribution in [2.24, 2.45) is 5.92 Å². The van der Waals surface area contributed by atoms with Crippen LogP contribution in [0.4, 0.5) is 0 Å². The van der Waals surface area contributed by atoms with Crippen LogP contribution in [0.1, 0.15) is 58.3 Å². The lowest BCUT2D eigenvalue weighted by atomic mass is 9.84. The zero-order valence-electron chi connectivity index (χ0n) is 11.0. The summed E-state index contributed by atoms with van der Waals surface area (Å²) >= 11 is 0. The van der Waals surface area contributed by atoms with Gasteiger partial charge in [-0.1, -0.05) is 19.3 Å². The molecule has 2 N–H and O–H groups in total. The van der Waals surface area contributed by atoms with Gasteiger partial charge in [-0.3, -0.25) is 4.79 Å². The Kier molecular flexibility index (Phi) is 4.84. The second-order valence-electron chi connectivity index (χ2n) is 5.75. The second kappa shape index (κ2) is 6.39. The summed E-state index contributed by atoms with van der Waals surface area (Å²) in [7, 11) is 0. The minimum Gasteiger partial charge on any atom is -0.353 e. The lowest BCUT2D eigenvalue weighted by molar-refractivity contribution is -0.122. The van der Waals surface area contributed by atoms with Crippen LogP contribution in [0.5, 0.6) is 0 Å². The lowest BCUT2D eigenvalue weighted by Gasteiger charge is -2.28. The molecule has 3 nitrogen and oxygen atoms in total. The van der Waals surface area contributed by atoms with E-state index in [1.807, 2.05) is 0 Å². The van der Waals surface area contributed by atoms with Crippen LogP contribution in [0, 0.1) is 5.92 Å². The van der Waals surface area contributed by atoms with E-state index in [-0.39, 0.29) is 5.91 Å². The summed E-state index contributed by atoms with van der Waals surface area (Å²) in [5.74, 6) is 0.951. The largest absolute Gasteiger partial charge is 0.353 e. The van der Waals surface area contributed by atoms with E-state index in [4.69, 9.17) is 0 Å². The highest BCUT2D eigenvalue weighted by Gasteiger charge is 2.23. The summed E-state index contributed by atoms with van der Waals surface area (Å²) in [5.41, 5.74) is 0. The fourth-order valence-corrected chi connectivity index (χ4v) is 3.22. The predicted molar refractivity (Wildman–Crippen MR) is 69.8 cm³/mol. The van der Waals surface area contributed by atoms with Crippen LogP contribution < -0.4 is 10.6 Å². The van der Waals surface area contributed by atoms with E-state index in [9.17, 15) is 4.79 Å². The van der Waals surface area contributed by atoms with Crippen LogP contribution in [-0.4, -0.2) is 24.5 Å². The highest BCUT2D eigenvalue weighted by atomic mass is 16.1. The minimum absolute atomic E-state index is 0.238. The van der Waals surface area contributed by atoms with Gasteiger partial charge in [0.15, 0.2) is 0 Å². The SMILES string of the molecule is C[C@H](NC(=O)CC1CCCN1)C1CCCCC1. The molecular formula is C14H26N2O. The van der Waals surface area contributed by atoms with Crippen molar-refractivity contribution in [3.63, 3.8) is 0 Å². The van der Waals surface area contributed by atoms with Gasteiger partial charge in [0.05, 0.1) is 0 Å². The van der Waals surface area contributed by atoms with Gasteiger partial charge in [0.25, 0.3) is 0 Å². The highest BCUT2D eigenvalue weighted by molar-refractivity contribution is 5.76. The van der Waals surface area contributed by atoms with Gasteiger partial charge in [0, 0.05) is 18.5 Å². The molecule has 17 heavy (non-hydrogen) atoms. The maximum absolute atomic E-state index is 11.9. The Bertz CT molecular complexity index is 243. The quantitative estimate of drug-likeness (QED) is 0.788. The van der Waals surface area contributed by atoms with Crippen molar-refractivity contribution in [3.05, 3.63) is 0 Å². The van der Waals surface area contributed by atoms with Gasteiger partial charge >= 0.3 is 0 Å². The Balaban J connectivity index is 1.69. The van der Waals surface area contributed by atoms with E-state index >= 15 is 0 Å². The molecule has 1 saturated carbocycles. The number of carbonyl (C=O) groups is 1. The standard InChI is InChI=1S/C14H26N2O/c1-11(12-6-3-2-4-7-12)16-14(17)10-13-8-5-9-15-13/h11-13,15H,2-10H2,1H3,(H,16,17)/t11-,13?/m0/s1. The van der Waals surface area contributed by atoms with Gasteiger partial charge in [0.2, 0.25) is 5.91 Å². The molecule has 2 rings (SSSR count). The van der Waals surface area contributed by atoms with Crippen LogP contribution in [-0.2, 0) is 4.79 Å². The Morgan fingerprint density at radius 3 is 2.65 bits per heavy atom. The summed E-state index contributed by atoms with van der Waals surface area (Å²) < 4.78 is 0. The lowest BCUT2D eigenvalue weighted by Crippen LogP contribution is -2.41. The molecule has 0 aromatic carbocycles. The zero-order chi connectivity index (χ0) is 12.1. The van der Waals surface area contributed by atoms with Crippen molar-refractivity contribution in [1.82, 2.24) is 10.6 Å². The summed E-state index contributed by atoms with van der Waals surface area (Å²) in [5, 5.41) is 6.58. The normalized spacial score (nSPS) is 27.9.